The minimum Gasteiger partial charge on any atom is -0.294 e. The quantitative estimate of drug-likeness (QED) is 0.649. The first-order chi connectivity index (χ1) is 6.04. The second-order valence-electron chi connectivity index (χ2n) is 3.07. The Kier molecular flexibility index (Phi) is 3.22. The third kappa shape index (κ3) is 2.16. The molecule has 1 aliphatic rings. The van der Waals surface area contributed by atoms with Gasteiger partial charge in [0.15, 0.2) is 5.78 Å². The normalized spacial score (nSPS) is 21.8. The third-order valence-corrected chi connectivity index (χ3v) is 3.12. The second kappa shape index (κ2) is 4.02. The number of allylic oxidation sites excluding steroid dienone is 2. The van der Waals surface area contributed by atoms with Crippen LogP contribution in [0.4, 0.5) is 0 Å². The van der Waals surface area contributed by atoms with E-state index in [0.29, 0.717) is 30.7 Å². The van der Waals surface area contributed by atoms with Crippen molar-refractivity contribution in [3.05, 3.63) is 11.3 Å². The summed E-state index contributed by atoms with van der Waals surface area (Å²) >= 11 is -2.01. The van der Waals surface area contributed by atoms with Crippen LogP contribution in [0, 0.1) is 0 Å². The van der Waals surface area contributed by atoms with Crippen LogP contribution in [0.25, 0.3) is 0 Å². The Morgan fingerprint density at radius 1 is 1.46 bits per heavy atom. The summed E-state index contributed by atoms with van der Waals surface area (Å²) in [5.41, 5.74) is 1.21. The van der Waals surface area contributed by atoms with E-state index in [0.717, 1.165) is 0 Å². The number of nitrogens with zero attached hydrogens (tertiary/aromatic N) is 1. The van der Waals surface area contributed by atoms with Gasteiger partial charge in [0.25, 0.3) is 11.3 Å². The molecule has 0 fully saturated rings. The zero-order chi connectivity index (χ0) is 10.0. The number of carbonyl (C=O) groups excluding carboxylic acids is 1. The van der Waals surface area contributed by atoms with Crippen LogP contribution in [-0.2, 0) is 16.1 Å². The molecule has 0 bridgehead atoms. The molecular weight excluding hydrogens is 190 g/mol. The van der Waals surface area contributed by atoms with Crippen molar-refractivity contribution in [2.75, 3.05) is 6.54 Å². The Balaban J connectivity index is 3.00. The van der Waals surface area contributed by atoms with Gasteiger partial charge < -0.3 is 0 Å². The molecule has 74 valence electrons. The highest BCUT2D eigenvalue weighted by Crippen LogP contribution is 2.19. The Bertz CT molecular complexity index is 285. The van der Waals surface area contributed by atoms with Crippen molar-refractivity contribution in [1.29, 1.82) is 0 Å². The van der Waals surface area contributed by atoms with Crippen LogP contribution in [0.3, 0.4) is 0 Å². The number of carbonyl (C=O) groups is 1. The van der Waals surface area contributed by atoms with E-state index in [9.17, 15) is 9.00 Å². The van der Waals surface area contributed by atoms with Gasteiger partial charge in [-0.15, -0.1) is 0 Å². The van der Waals surface area contributed by atoms with E-state index in [1.807, 2.05) is 0 Å². The fourth-order valence-electron chi connectivity index (χ4n) is 1.32. The first kappa shape index (κ1) is 10.4. The Hall–Kier alpha value is -0.680. The lowest BCUT2D eigenvalue weighted by molar-refractivity contribution is -0.115. The maximum atomic E-state index is 11.3. The van der Waals surface area contributed by atoms with Gasteiger partial charge in [0.1, 0.15) is 0 Å². The minimum atomic E-state index is -2.01. The van der Waals surface area contributed by atoms with Gasteiger partial charge >= 0.3 is 0 Å². The van der Waals surface area contributed by atoms with Gasteiger partial charge in [0, 0.05) is 24.2 Å². The van der Waals surface area contributed by atoms with Crippen LogP contribution in [0.2, 0.25) is 0 Å². The topological polar surface area (TPSA) is 57.6 Å². The van der Waals surface area contributed by atoms with Crippen molar-refractivity contribution in [1.82, 2.24) is 4.31 Å². The molecule has 0 saturated carbocycles. The van der Waals surface area contributed by atoms with Crippen LogP contribution in [0.1, 0.15) is 26.7 Å². The average Bonchev–Trinajstić information content (AvgIpc) is 2.18. The van der Waals surface area contributed by atoms with Crippen molar-refractivity contribution >= 4 is 17.0 Å². The molecule has 5 heteroatoms. The molecule has 4 nitrogen and oxygen atoms in total. The molecule has 0 radical (unpaired) electrons. The molecule has 0 amide bonds. The summed E-state index contributed by atoms with van der Waals surface area (Å²) in [7, 11) is 0. The standard InChI is InChI=1S/C8H13NO3S/c1-6-7(2)9(13(11)12)5-3-4-8(6)10/h3-5H2,1-2H3,(H,11,12). The van der Waals surface area contributed by atoms with Crippen molar-refractivity contribution in [2.45, 2.75) is 26.7 Å². The number of rotatable bonds is 1. The van der Waals surface area contributed by atoms with Gasteiger partial charge in [-0.25, -0.2) is 4.21 Å². The predicted molar refractivity (Wildman–Crippen MR) is 50.1 cm³/mol. The van der Waals surface area contributed by atoms with Gasteiger partial charge in [0.2, 0.25) is 0 Å². The predicted octanol–water partition coefficient (Wildman–Crippen LogP) is 1.08. The highest BCUT2D eigenvalue weighted by Gasteiger charge is 2.20. The molecule has 0 spiro atoms. The summed E-state index contributed by atoms with van der Waals surface area (Å²) in [6.07, 6.45) is 1.11. The fraction of sp³-hybridized carbons (Fsp3) is 0.625. The van der Waals surface area contributed by atoms with Gasteiger partial charge in [-0.2, -0.15) is 0 Å². The van der Waals surface area contributed by atoms with Crippen molar-refractivity contribution in [3.8, 4) is 0 Å². The van der Waals surface area contributed by atoms with Gasteiger partial charge in [0.05, 0.1) is 0 Å². The van der Waals surface area contributed by atoms with Crippen LogP contribution in [0.15, 0.2) is 11.3 Å². The molecule has 1 unspecified atom stereocenters. The molecule has 1 rings (SSSR count). The molecule has 0 aromatic carbocycles. The summed E-state index contributed by atoms with van der Waals surface area (Å²) in [4.78, 5) is 11.3. The highest BCUT2D eigenvalue weighted by atomic mass is 32.2. The zero-order valence-corrected chi connectivity index (χ0v) is 8.56. The van der Waals surface area contributed by atoms with Crippen molar-refractivity contribution in [2.24, 2.45) is 0 Å². The Morgan fingerprint density at radius 3 is 2.62 bits per heavy atom. The largest absolute Gasteiger partial charge is 0.294 e. The fourth-order valence-corrected chi connectivity index (χ4v) is 1.98. The lowest BCUT2D eigenvalue weighted by Gasteiger charge is -2.18. The average molecular weight is 203 g/mol. The zero-order valence-electron chi connectivity index (χ0n) is 7.74. The van der Waals surface area contributed by atoms with Crippen LogP contribution in [-0.4, -0.2) is 25.4 Å². The maximum absolute atomic E-state index is 11.3. The van der Waals surface area contributed by atoms with E-state index in [4.69, 9.17) is 4.55 Å². The number of hydrogen-bond acceptors (Lipinski definition) is 2. The molecule has 0 saturated heterocycles. The minimum absolute atomic E-state index is 0.0745. The highest BCUT2D eigenvalue weighted by molar-refractivity contribution is 7.76. The van der Waals surface area contributed by atoms with E-state index in [2.05, 4.69) is 0 Å². The van der Waals surface area contributed by atoms with E-state index >= 15 is 0 Å². The monoisotopic (exact) mass is 203 g/mol. The van der Waals surface area contributed by atoms with Crippen LogP contribution in [0.5, 0.6) is 0 Å². The van der Waals surface area contributed by atoms with Crippen LogP contribution >= 0.6 is 0 Å². The van der Waals surface area contributed by atoms with Gasteiger partial charge in [-0.3, -0.25) is 13.7 Å². The Morgan fingerprint density at radius 2 is 2.08 bits per heavy atom. The van der Waals surface area contributed by atoms with Gasteiger partial charge in [-0.1, -0.05) is 0 Å². The van der Waals surface area contributed by atoms with E-state index in [1.54, 1.807) is 13.8 Å². The molecule has 0 aromatic rings. The van der Waals surface area contributed by atoms with Gasteiger partial charge in [-0.05, 0) is 20.3 Å². The maximum Gasteiger partial charge on any atom is 0.261 e. The van der Waals surface area contributed by atoms with E-state index < -0.39 is 11.3 Å². The van der Waals surface area contributed by atoms with E-state index in [1.165, 1.54) is 4.31 Å². The second-order valence-corrected chi connectivity index (χ2v) is 3.97. The Labute approximate surface area is 80.0 Å². The summed E-state index contributed by atoms with van der Waals surface area (Å²) in [5.74, 6) is 0.0745. The van der Waals surface area contributed by atoms with E-state index in [-0.39, 0.29) is 5.78 Å². The first-order valence-corrected chi connectivity index (χ1v) is 5.19. The number of hydrogen-bond donors (Lipinski definition) is 1. The van der Waals surface area contributed by atoms with Crippen molar-refractivity contribution in [3.63, 3.8) is 0 Å². The summed E-state index contributed by atoms with van der Waals surface area (Å²) in [5, 5.41) is 0. The molecule has 0 aliphatic carbocycles. The molecule has 1 atom stereocenters. The summed E-state index contributed by atoms with van der Waals surface area (Å²) < 4.78 is 21.1. The molecule has 13 heavy (non-hydrogen) atoms. The molecule has 1 aliphatic heterocycles. The van der Waals surface area contributed by atoms with Crippen molar-refractivity contribution < 1.29 is 13.6 Å². The smallest absolute Gasteiger partial charge is 0.261 e. The molecular formula is C8H13NO3S. The summed E-state index contributed by atoms with van der Waals surface area (Å²) in [6, 6.07) is 0. The number of Topliss-reactive ketones (excluding diaryl/α,β-unsaturated/α-hetero) is 1. The third-order valence-electron chi connectivity index (χ3n) is 2.29. The molecule has 1 heterocycles. The lowest BCUT2D eigenvalue weighted by Crippen LogP contribution is -2.24. The lowest BCUT2D eigenvalue weighted by atomic mass is 10.1. The molecule has 1 N–H and O–H groups in total. The summed E-state index contributed by atoms with van der Waals surface area (Å²) in [6.45, 7) is 3.87. The SMILES string of the molecule is CC1=C(C)N(S(=O)O)CCCC1=O. The van der Waals surface area contributed by atoms with Crippen LogP contribution < -0.4 is 0 Å². The number of ketones is 1. The molecule has 0 aromatic heterocycles. The first-order valence-electron chi connectivity index (χ1n) is 4.13.